The number of aliphatic hydroxyl groups excluding tert-OH is 1. The van der Waals surface area contributed by atoms with Gasteiger partial charge in [-0.3, -0.25) is 14.3 Å². The minimum atomic E-state index is -1.18. The molecule has 1 saturated heterocycles. The fourth-order valence-corrected chi connectivity index (χ4v) is 4.01. The van der Waals surface area contributed by atoms with Gasteiger partial charge < -0.3 is 20.3 Å². The van der Waals surface area contributed by atoms with Gasteiger partial charge in [0.2, 0.25) is 5.91 Å². The quantitative estimate of drug-likeness (QED) is 0.404. The average molecular weight is 472 g/mol. The van der Waals surface area contributed by atoms with E-state index < -0.39 is 30.6 Å². The molecule has 1 fully saturated rings. The van der Waals surface area contributed by atoms with Crippen LogP contribution in [-0.2, 0) is 11.8 Å². The van der Waals surface area contributed by atoms with Crippen molar-refractivity contribution < 1.29 is 19.1 Å². The average Bonchev–Trinajstić information content (AvgIpc) is 3.35. The summed E-state index contributed by atoms with van der Waals surface area (Å²) in [4.78, 5) is 38.4. The van der Waals surface area contributed by atoms with E-state index in [2.05, 4.69) is 25.4 Å². The number of H-pyrrole nitrogens is 1. The Morgan fingerprint density at radius 1 is 1.39 bits per heavy atom. The number of aliphatic hydroxyl groups is 1. The highest BCUT2D eigenvalue weighted by molar-refractivity contribution is 6.31. The SMILES string of the molecule is Cn1nc(-c2cnc3[nH]cc(C(=O)NC(CO)C(=O)N4CC(F)C4)c3n2)c2ccc(Cl)cc21. The van der Waals surface area contributed by atoms with Crippen molar-refractivity contribution >= 4 is 45.5 Å². The molecule has 1 aromatic carbocycles. The van der Waals surface area contributed by atoms with E-state index >= 15 is 0 Å². The first-order chi connectivity index (χ1) is 15.9. The van der Waals surface area contributed by atoms with Gasteiger partial charge in [-0.05, 0) is 18.2 Å². The smallest absolute Gasteiger partial charge is 0.255 e. The van der Waals surface area contributed by atoms with Gasteiger partial charge in [-0.25, -0.2) is 14.4 Å². The Kier molecular flexibility index (Phi) is 5.22. The third-order valence-corrected chi connectivity index (χ3v) is 5.85. The van der Waals surface area contributed by atoms with Gasteiger partial charge in [0.15, 0.2) is 5.65 Å². The first kappa shape index (κ1) is 21.3. The normalized spacial score (nSPS) is 15.1. The van der Waals surface area contributed by atoms with Crippen LogP contribution in [0, 0.1) is 0 Å². The third kappa shape index (κ3) is 3.68. The minimum absolute atomic E-state index is 0.0453. The Morgan fingerprint density at radius 3 is 2.91 bits per heavy atom. The molecule has 3 N–H and O–H groups in total. The van der Waals surface area contributed by atoms with Gasteiger partial charge in [0.1, 0.15) is 29.1 Å². The molecule has 0 saturated carbocycles. The topological polar surface area (TPSA) is 129 Å². The van der Waals surface area contributed by atoms with E-state index in [0.29, 0.717) is 22.1 Å². The molecule has 170 valence electrons. The molecule has 5 rings (SSSR count). The molecule has 1 aliphatic heterocycles. The number of benzene rings is 1. The zero-order valence-electron chi connectivity index (χ0n) is 17.4. The molecule has 0 radical (unpaired) electrons. The Hall–Kier alpha value is -3.57. The molecule has 0 spiro atoms. The number of nitrogens with one attached hydrogen (secondary N) is 2. The van der Waals surface area contributed by atoms with E-state index in [-0.39, 0.29) is 24.2 Å². The van der Waals surface area contributed by atoms with Crippen molar-refractivity contribution in [2.45, 2.75) is 12.2 Å². The van der Waals surface area contributed by atoms with Crippen LogP contribution in [-0.4, -0.2) is 78.5 Å². The van der Waals surface area contributed by atoms with Crippen LogP contribution in [0.3, 0.4) is 0 Å². The molecular formula is C21H19ClFN7O3. The van der Waals surface area contributed by atoms with E-state index in [0.717, 1.165) is 10.9 Å². The van der Waals surface area contributed by atoms with Gasteiger partial charge in [-0.1, -0.05) is 11.6 Å². The van der Waals surface area contributed by atoms with Crippen molar-refractivity contribution in [2.75, 3.05) is 19.7 Å². The number of fused-ring (bicyclic) bond motifs is 2. The van der Waals surface area contributed by atoms with Crippen LogP contribution in [0.25, 0.3) is 33.5 Å². The van der Waals surface area contributed by atoms with Gasteiger partial charge in [0, 0.05) is 23.7 Å². The molecular weight excluding hydrogens is 453 g/mol. The predicted octanol–water partition coefficient (Wildman–Crippen LogP) is 1.44. The number of aryl methyl sites for hydroxylation is 1. The van der Waals surface area contributed by atoms with Crippen LogP contribution in [0.1, 0.15) is 10.4 Å². The molecule has 2 amide bonds. The first-order valence-electron chi connectivity index (χ1n) is 10.2. The lowest BCUT2D eigenvalue weighted by Crippen LogP contribution is -2.59. The van der Waals surface area contributed by atoms with Crippen LogP contribution in [0.5, 0.6) is 0 Å². The Balaban J connectivity index is 1.46. The molecule has 10 nitrogen and oxygen atoms in total. The number of hydrogen-bond donors (Lipinski definition) is 3. The van der Waals surface area contributed by atoms with Gasteiger partial charge in [-0.2, -0.15) is 5.10 Å². The first-order valence-corrected chi connectivity index (χ1v) is 10.5. The third-order valence-electron chi connectivity index (χ3n) is 5.62. The van der Waals surface area contributed by atoms with Crippen molar-refractivity contribution in [3.05, 3.63) is 41.2 Å². The zero-order chi connectivity index (χ0) is 23.3. The van der Waals surface area contributed by atoms with E-state index in [9.17, 15) is 19.1 Å². The van der Waals surface area contributed by atoms with Gasteiger partial charge in [0.05, 0.1) is 37.0 Å². The van der Waals surface area contributed by atoms with Gasteiger partial charge in [-0.15, -0.1) is 0 Å². The summed E-state index contributed by atoms with van der Waals surface area (Å²) in [6.45, 7) is -0.702. The Labute approximate surface area is 191 Å². The number of carbonyl (C=O) groups is 2. The molecule has 33 heavy (non-hydrogen) atoms. The van der Waals surface area contributed by atoms with Crippen LogP contribution in [0.2, 0.25) is 5.02 Å². The van der Waals surface area contributed by atoms with Crippen molar-refractivity contribution in [1.82, 2.24) is 34.9 Å². The fourth-order valence-electron chi connectivity index (χ4n) is 3.84. The van der Waals surface area contributed by atoms with Crippen LogP contribution >= 0.6 is 11.6 Å². The van der Waals surface area contributed by atoms with E-state index in [1.54, 1.807) is 30.1 Å². The lowest BCUT2D eigenvalue weighted by Gasteiger charge is -2.36. The highest BCUT2D eigenvalue weighted by Gasteiger charge is 2.35. The summed E-state index contributed by atoms with van der Waals surface area (Å²) in [7, 11) is 1.79. The summed E-state index contributed by atoms with van der Waals surface area (Å²) in [5, 5.41) is 18.0. The summed E-state index contributed by atoms with van der Waals surface area (Å²) < 4.78 is 14.8. The van der Waals surface area contributed by atoms with E-state index in [1.807, 2.05) is 6.07 Å². The summed E-state index contributed by atoms with van der Waals surface area (Å²) in [6, 6.07) is 4.21. The zero-order valence-corrected chi connectivity index (χ0v) is 18.2. The number of rotatable bonds is 5. The van der Waals surface area contributed by atoms with Crippen molar-refractivity contribution in [3.8, 4) is 11.4 Å². The number of alkyl halides is 1. The van der Waals surface area contributed by atoms with E-state index in [4.69, 9.17) is 11.6 Å². The second kappa shape index (κ2) is 8.09. The van der Waals surface area contributed by atoms with Gasteiger partial charge in [0.25, 0.3) is 5.91 Å². The summed E-state index contributed by atoms with van der Waals surface area (Å²) in [5.41, 5.74) is 2.66. The molecule has 1 aliphatic rings. The second-order valence-corrected chi connectivity index (χ2v) is 8.27. The van der Waals surface area contributed by atoms with Crippen molar-refractivity contribution in [2.24, 2.45) is 7.05 Å². The number of halogens is 2. The number of aromatic amines is 1. The summed E-state index contributed by atoms with van der Waals surface area (Å²) in [6.07, 6.45) is 1.90. The standard InChI is InChI=1S/C21H19ClFN7O3/c1-29-16-4-10(22)2-3-12(16)17(28-29)14-6-25-19-18(26-14)13(5-24-19)20(32)27-15(9-31)21(33)30-7-11(23)8-30/h2-6,11,15,31H,7-9H2,1H3,(H,24,25)(H,27,32). The molecule has 4 aromatic rings. The number of carbonyl (C=O) groups excluding carboxylic acids is 2. The van der Waals surface area contributed by atoms with Gasteiger partial charge >= 0.3 is 0 Å². The number of amides is 2. The molecule has 1 unspecified atom stereocenters. The lowest BCUT2D eigenvalue weighted by atomic mass is 10.1. The fraction of sp³-hybridized carbons (Fsp3) is 0.286. The molecule has 0 bridgehead atoms. The van der Waals surface area contributed by atoms with Crippen LogP contribution in [0.4, 0.5) is 4.39 Å². The largest absolute Gasteiger partial charge is 0.394 e. The maximum absolute atomic E-state index is 13.1. The van der Waals surface area contributed by atoms with Crippen LogP contribution in [0.15, 0.2) is 30.6 Å². The maximum Gasteiger partial charge on any atom is 0.255 e. The number of aromatic nitrogens is 5. The lowest BCUT2D eigenvalue weighted by molar-refractivity contribution is -0.141. The second-order valence-electron chi connectivity index (χ2n) is 7.84. The summed E-state index contributed by atoms with van der Waals surface area (Å²) in [5.74, 6) is -1.15. The molecule has 0 aliphatic carbocycles. The van der Waals surface area contributed by atoms with E-state index in [1.165, 1.54) is 11.1 Å². The molecule has 12 heteroatoms. The Morgan fingerprint density at radius 2 is 2.18 bits per heavy atom. The number of hydrogen-bond acceptors (Lipinski definition) is 6. The molecule has 3 aromatic heterocycles. The monoisotopic (exact) mass is 471 g/mol. The predicted molar refractivity (Wildman–Crippen MR) is 118 cm³/mol. The highest BCUT2D eigenvalue weighted by Crippen LogP contribution is 2.29. The molecule has 1 atom stereocenters. The van der Waals surface area contributed by atoms with Crippen molar-refractivity contribution in [3.63, 3.8) is 0 Å². The highest BCUT2D eigenvalue weighted by atomic mass is 35.5. The Bertz CT molecular complexity index is 1400. The van der Waals surface area contributed by atoms with Crippen LogP contribution < -0.4 is 5.32 Å². The maximum atomic E-state index is 13.1. The number of nitrogens with zero attached hydrogens (tertiary/aromatic N) is 5. The minimum Gasteiger partial charge on any atom is -0.394 e. The summed E-state index contributed by atoms with van der Waals surface area (Å²) >= 11 is 6.10. The number of likely N-dealkylation sites (tertiary alicyclic amines) is 1. The van der Waals surface area contributed by atoms with Crippen molar-refractivity contribution in [1.29, 1.82) is 0 Å². The molecule has 4 heterocycles.